The Morgan fingerprint density at radius 3 is 3.12 bits per heavy atom. The molecule has 4 heterocycles. The number of halogens is 1. The molecule has 7 nitrogen and oxygen atoms in total. The number of pyridine rings is 1. The first-order chi connectivity index (χ1) is 11.7. The first kappa shape index (κ1) is 15.4. The Morgan fingerprint density at radius 1 is 1.38 bits per heavy atom. The second kappa shape index (κ2) is 6.43. The zero-order valence-corrected chi connectivity index (χ0v) is 13.9. The molecule has 8 heteroatoms. The molecule has 4 rings (SSSR count). The Hall–Kier alpha value is -2.09. The van der Waals surface area contributed by atoms with Crippen molar-refractivity contribution < 1.29 is 13.9 Å². The maximum atomic E-state index is 5.95. The van der Waals surface area contributed by atoms with E-state index in [2.05, 4.69) is 15.4 Å². The van der Waals surface area contributed by atoms with E-state index in [-0.39, 0.29) is 12.1 Å². The maximum absolute atomic E-state index is 5.95. The lowest BCUT2D eigenvalue weighted by Crippen LogP contribution is -2.41. The molecule has 0 aromatic carbocycles. The van der Waals surface area contributed by atoms with Crippen LogP contribution in [0.4, 0.5) is 0 Å². The second-order valence-corrected chi connectivity index (χ2v) is 6.23. The van der Waals surface area contributed by atoms with Crippen molar-refractivity contribution >= 4 is 22.7 Å². The summed E-state index contributed by atoms with van der Waals surface area (Å²) < 4.78 is 18.9. The zero-order valence-electron chi connectivity index (χ0n) is 13.1. The summed E-state index contributed by atoms with van der Waals surface area (Å²) in [5.41, 5.74) is 0.585. The van der Waals surface area contributed by atoms with E-state index in [0.717, 1.165) is 16.9 Å². The largest absolute Gasteiger partial charge is 0.483 e. The van der Waals surface area contributed by atoms with Gasteiger partial charge < -0.3 is 19.2 Å². The van der Waals surface area contributed by atoms with E-state index in [1.54, 1.807) is 17.1 Å². The third kappa shape index (κ3) is 3.24. The van der Waals surface area contributed by atoms with Gasteiger partial charge in [-0.3, -0.25) is 4.68 Å². The van der Waals surface area contributed by atoms with Gasteiger partial charge in [0.1, 0.15) is 11.9 Å². The van der Waals surface area contributed by atoms with Crippen LogP contribution in [-0.2, 0) is 18.3 Å². The highest BCUT2D eigenvalue weighted by Gasteiger charge is 2.30. The van der Waals surface area contributed by atoms with Crippen LogP contribution in [0.3, 0.4) is 0 Å². The fourth-order valence-corrected chi connectivity index (χ4v) is 2.92. The van der Waals surface area contributed by atoms with E-state index in [1.807, 2.05) is 25.4 Å². The van der Waals surface area contributed by atoms with Gasteiger partial charge in [0.15, 0.2) is 5.75 Å². The van der Waals surface area contributed by atoms with Gasteiger partial charge >= 0.3 is 0 Å². The first-order valence-electron chi connectivity index (χ1n) is 7.68. The average molecular weight is 349 g/mol. The fourth-order valence-electron chi connectivity index (χ4n) is 2.75. The van der Waals surface area contributed by atoms with Crippen LogP contribution in [0, 0.1) is 0 Å². The van der Waals surface area contributed by atoms with E-state index in [0.29, 0.717) is 30.5 Å². The molecule has 1 saturated heterocycles. The van der Waals surface area contributed by atoms with Crippen molar-refractivity contribution in [3.8, 4) is 5.75 Å². The number of ether oxygens (including phenoxy) is 2. The molecule has 0 aliphatic carbocycles. The summed E-state index contributed by atoms with van der Waals surface area (Å²) in [6.07, 6.45) is 5.05. The van der Waals surface area contributed by atoms with Crippen molar-refractivity contribution in [3.05, 3.63) is 41.5 Å². The van der Waals surface area contributed by atoms with E-state index < -0.39 is 0 Å². The van der Waals surface area contributed by atoms with Gasteiger partial charge in [-0.2, -0.15) is 5.10 Å². The highest BCUT2D eigenvalue weighted by Crippen LogP contribution is 2.21. The van der Waals surface area contributed by atoms with Gasteiger partial charge in [0, 0.05) is 18.6 Å². The Kier molecular flexibility index (Phi) is 4.13. The lowest BCUT2D eigenvalue weighted by molar-refractivity contribution is 0.139. The lowest BCUT2D eigenvalue weighted by Gasteiger charge is -2.19. The molecular formula is C16H17ClN4O3. The molecule has 1 aliphatic heterocycles. The fraction of sp³-hybridized carbons (Fsp3) is 0.375. The van der Waals surface area contributed by atoms with Crippen LogP contribution in [0.1, 0.15) is 5.76 Å². The molecule has 0 amide bonds. The van der Waals surface area contributed by atoms with Crippen molar-refractivity contribution in [2.75, 3.05) is 13.2 Å². The molecule has 2 atom stereocenters. The van der Waals surface area contributed by atoms with Gasteiger partial charge in [0.05, 0.1) is 43.2 Å². The first-order valence-corrected chi connectivity index (χ1v) is 8.05. The van der Waals surface area contributed by atoms with Crippen LogP contribution in [0.5, 0.6) is 5.75 Å². The van der Waals surface area contributed by atoms with Crippen molar-refractivity contribution in [1.29, 1.82) is 0 Å². The summed E-state index contributed by atoms with van der Waals surface area (Å²) in [5, 5.41) is 9.01. The third-order valence-corrected chi connectivity index (χ3v) is 4.13. The van der Waals surface area contributed by atoms with Crippen molar-refractivity contribution in [1.82, 2.24) is 20.1 Å². The number of nitrogens with zero attached hydrogens (tertiary/aromatic N) is 3. The number of aromatic nitrogens is 3. The molecule has 3 aromatic rings. The minimum absolute atomic E-state index is 0.0638. The molecular weight excluding hydrogens is 332 g/mol. The second-order valence-electron chi connectivity index (χ2n) is 5.79. The van der Waals surface area contributed by atoms with E-state index in [1.165, 1.54) is 0 Å². The highest BCUT2D eigenvalue weighted by molar-refractivity contribution is 6.31. The van der Waals surface area contributed by atoms with Crippen molar-refractivity contribution in [2.45, 2.75) is 18.7 Å². The maximum Gasteiger partial charge on any atom is 0.226 e. The SMILES string of the molecule is Cn1cc(O[C@@H]2COC[C@@H]2NCc2cc3cc(Cl)cnc3o2)cn1. The van der Waals surface area contributed by atoms with Gasteiger partial charge in [-0.15, -0.1) is 0 Å². The van der Waals surface area contributed by atoms with Gasteiger partial charge in [-0.1, -0.05) is 11.6 Å². The van der Waals surface area contributed by atoms with Gasteiger partial charge in [-0.25, -0.2) is 4.98 Å². The van der Waals surface area contributed by atoms with Gasteiger partial charge in [-0.05, 0) is 12.1 Å². The predicted octanol–water partition coefficient (Wildman–Crippen LogP) is 2.15. The molecule has 3 aromatic heterocycles. The Labute approximate surface area is 143 Å². The van der Waals surface area contributed by atoms with E-state index in [4.69, 9.17) is 25.5 Å². The molecule has 1 N–H and O–H groups in total. The Bertz CT molecular complexity index is 847. The number of rotatable bonds is 5. The molecule has 0 unspecified atom stereocenters. The van der Waals surface area contributed by atoms with Crippen LogP contribution in [0.15, 0.2) is 35.1 Å². The number of furan rings is 1. The summed E-state index contributed by atoms with van der Waals surface area (Å²) in [5.74, 6) is 1.54. The smallest absolute Gasteiger partial charge is 0.226 e. The quantitative estimate of drug-likeness (QED) is 0.761. The summed E-state index contributed by atoms with van der Waals surface area (Å²) in [6.45, 7) is 1.70. The van der Waals surface area contributed by atoms with Crippen molar-refractivity contribution in [2.24, 2.45) is 7.05 Å². The topological polar surface area (TPSA) is 74.3 Å². The van der Waals surface area contributed by atoms with Crippen LogP contribution >= 0.6 is 11.6 Å². The normalized spacial score (nSPS) is 20.8. The third-order valence-electron chi connectivity index (χ3n) is 3.93. The molecule has 126 valence electrons. The average Bonchev–Trinajstić information content (AvgIpc) is 3.25. The molecule has 0 saturated carbocycles. The zero-order chi connectivity index (χ0) is 16.5. The number of hydrogen-bond donors (Lipinski definition) is 1. The van der Waals surface area contributed by atoms with E-state index in [9.17, 15) is 0 Å². The molecule has 1 fully saturated rings. The Morgan fingerprint density at radius 2 is 2.29 bits per heavy atom. The summed E-state index contributed by atoms with van der Waals surface area (Å²) in [4.78, 5) is 4.17. The Balaban J connectivity index is 1.40. The van der Waals surface area contributed by atoms with Crippen LogP contribution in [-0.4, -0.2) is 40.1 Å². The van der Waals surface area contributed by atoms with E-state index >= 15 is 0 Å². The summed E-state index contributed by atoms with van der Waals surface area (Å²) >= 11 is 5.95. The van der Waals surface area contributed by atoms with Crippen molar-refractivity contribution in [3.63, 3.8) is 0 Å². The lowest BCUT2D eigenvalue weighted by atomic mass is 10.2. The van der Waals surface area contributed by atoms with Crippen LogP contribution in [0.2, 0.25) is 5.02 Å². The molecule has 0 spiro atoms. The standard InChI is InChI=1S/C16H17ClN4O3/c1-21-7-13(6-20-21)23-15-9-22-8-14(15)18-5-12-3-10-2-11(17)4-19-16(10)24-12/h2-4,6-7,14-15,18H,5,8-9H2,1H3/t14-,15+/m0/s1. The highest BCUT2D eigenvalue weighted by atomic mass is 35.5. The van der Waals surface area contributed by atoms with Gasteiger partial charge in [0.25, 0.3) is 0 Å². The molecule has 24 heavy (non-hydrogen) atoms. The molecule has 0 bridgehead atoms. The minimum atomic E-state index is -0.0638. The van der Waals surface area contributed by atoms with Gasteiger partial charge in [0.2, 0.25) is 5.71 Å². The summed E-state index contributed by atoms with van der Waals surface area (Å²) in [6, 6.07) is 3.85. The number of fused-ring (bicyclic) bond motifs is 1. The van der Waals surface area contributed by atoms with Crippen LogP contribution < -0.4 is 10.1 Å². The summed E-state index contributed by atoms with van der Waals surface area (Å²) in [7, 11) is 1.86. The van der Waals surface area contributed by atoms with Crippen LogP contribution in [0.25, 0.3) is 11.1 Å². The monoisotopic (exact) mass is 348 g/mol. The molecule has 1 aliphatic rings. The number of aryl methyl sites for hydroxylation is 1. The molecule has 0 radical (unpaired) electrons. The minimum Gasteiger partial charge on any atom is -0.483 e. The number of nitrogens with one attached hydrogen (secondary N) is 1. The predicted molar refractivity (Wildman–Crippen MR) is 88.1 cm³/mol. The number of hydrogen-bond acceptors (Lipinski definition) is 6.